The standard InChI is InChI=1S/C11H22O2/c1-4-11(3,8-12)7-10-6-5-9(2)13-10/h9-10,12H,4-8H2,1-3H3. The van der Waals surface area contributed by atoms with E-state index in [0.717, 1.165) is 19.3 Å². The van der Waals surface area contributed by atoms with Gasteiger partial charge < -0.3 is 9.84 Å². The lowest BCUT2D eigenvalue weighted by Crippen LogP contribution is -2.26. The van der Waals surface area contributed by atoms with Gasteiger partial charge in [-0.05, 0) is 38.0 Å². The van der Waals surface area contributed by atoms with Crippen LogP contribution >= 0.6 is 0 Å². The number of rotatable bonds is 4. The lowest BCUT2D eigenvalue weighted by atomic mass is 9.82. The zero-order valence-corrected chi connectivity index (χ0v) is 9.05. The largest absolute Gasteiger partial charge is 0.396 e. The van der Waals surface area contributed by atoms with Crippen LogP contribution in [0.15, 0.2) is 0 Å². The van der Waals surface area contributed by atoms with E-state index in [4.69, 9.17) is 4.74 Å². The first-order valence-electron chi connectivity index (χ1n) is 5.36. The van der Waals surface area contributed by atoms with Gasteiger partial charge in [-0.3, -0.25) is 0 Å². The number of hydrogen-bond donors (Lipinski definition) is 1. The molecule has 1 rings (SSSR count). The van der Waals surface area contributed by atoms with Crippen molar-refractivity contribution in [3.8, 4) is 0 Å². The minimum absolute atomic E-state index is 0.0642. The Balaban J connectivity index is 2.38. The van der Waals surface area contributed by atoms with Crippen LogP contribution in [0, 0.1) is 5.41 Å². The molecule has 0 aromatic carbocycles. The average Bonchev–Trinajstić information content (AvgIpc) is 2.51. The highest BCUT2D eigenvalue weighted by Crippen LogP contribution is 2.33. The fraction of sp³-hybridized carbons (Fsp3) is 1.00. The van der Waals surface area contributed by atoms with Crippen molar-refractivity contribution >= 4 is 0 Å². The average molecular weight is 186 g/mol. The topological polar surface area (TPSA) is 29.5 Å². The van der Waals surface area contributed by atoms with Crippen molar-refractivity contribution < 1.29 is 9.84 Å². The Morgan fingerprint density at radius 1 is 1.46 bits per heavy atom. The second-order valence-electron chi connectivity index (χ2n) is 4.67. The first-order valence-corrected chi connectivity index (χ1v) is 5.36. The Kier molecular flexibility index (Phi) is 3.74. The van der Waals surface area contributed by atoms with Crippen LogP contribution < -0.4 is 0 Å². The van der Waals surface area contributed by atoms with Crippen molar-refractivity contribution in [3.05, 3.63) is 0 Å². The Hall–Kier alpha value is -0.0800. The molecule has 1 fully saturated rings. The third kappa shape index (κ3) is 2.96. The predicted molar refractivity (Wildman–Crippen MR) is 53.7 cm³/mol. The first kappa shape index (κ1) is 11.0. The molecule has 0 radical (unpaired) electrons. The zero-order valence-electron chi connectivity index (χ0n) is 9.05. The third-order valence-electron chi connectivity index (χ3n) is 3.28. The molecule has 1 N–H and O–H groups in total. The Bertz CT molecular complexity index is 152. The second-order valence-corrected chi connectivity index (χ2v) is 4.67. The third-order valence-corrected chi connectivity index (χ3v) is 3.28. The summed E-state index contributed by atoms with van der Waals surface area (Å²) in [6.45, 7) is 6.67. The highest BCUT2D eigenvalue weighted by atomic mass is 16.5. The minimum Gasteiger partial charge on any atom is -0.396 e. The molecule has 1 aliphatic rings. The summed E-state index contributed by atoms with van der Waals surface area (Å²) in [7, 11) is 0. The maximum absolute atomic E-state index is 9.26. The highest BCUT2D eigenvalue weighted by Gasteiger charge is 2.30. The summed E-state index contributed by atoms with van der Waals surface area (Å²) in [4.78, 5) is 0. The van der Waals surface area contributed by atoms with Crippen molar-refractivity contribution in [2.24, 2.45) is 5.41 Å². The minimum atomic E-state index is 0.0642. The van der Waals surface area contributed by atoms with Crippen LogP contribution in [0.5, 0.6) is 0 Å². The van der Waals surface area contributed by atoms with E-state index >= 15 is 0 Å². The van der Waals surface area contributed by atoms with Crippen LogP contribution in [0.25, 0.3) is 0 Å². The molecule has 0 aromatic rings. The van der Waals surface area contributed by atoms with Gasteiger partial charge in [-0.2, -0.15) is 0 Å². The van der Waals surface area contributed by atoms with Crippen molar-refractivity contribution in [1.82, 2.24) is 0 Å². The van der Waals surface area contributed by atoms with Crippen molar-refractivity contribution in [3.63, 3.8) is 0 Å². The fourth-order valence-electron chi connectivity index (χ4n) is 1.91. The quantitative estimate of drug-likeness (QED) is 0.730. The van der Waals surface area contributed by atoms with Crippen molar-refractivity contribution in [2.75, 3.05) is 6.61 Å². The van der Waals surface area contributed by atoms with Crippen LogP contribution in [0.4, 0.5) is 0 Å². The molecule has 0 amide bonds. The van der Waals surface area contributed by atoms with E-state index in [-0.39, 0.29) is 12.0 Å². The van der Waals surface area contributed by atoms with Gasteiger partial charge in [0.25, 0.3) is 0 Å². The molecule has 0 spiro atoms. The van der Waals surface area contributed by atoms with Gasteiger partial charge in [0.2, 0.25) is 0 Å². The van der Waals surface area contributed by atoms with E-state index in [1.165, 1.54) is 6.42 Å². The monoisotopic (exact) mass is 186 g/mol. The number of aliphatic hydroxyl groups excluding tert-OH is 1. The van der Waals surface area contributed by atoms with E-state index in [9.17, 15) is 5.11 Å². The zero-order chi connectivity index (χ0) is 9.90. The summed E-state index contributed by atoms with van der Waals surface area (Å²) in [6.07, 6.45) is 5.17. The van der Waals surface area contributed by atoms with Crippen molar-refractivity contribution in [1.29, 1.82) is 0 Å². The van der Waals surface area contributed by atoms with E-state index in [0.29, 0.717) is 12.2 Å². The molecular weight excluding hydrogens is 164 g/mol. The molecule has 2 heteroatoms. The maximum Gasteiger partial charge on any atom is 0.0585 e. The van der Waals surface area contributed by atoms with E-state index in [1.54, 1.807) is 0 Å². The molecule has 1 aliphatic heterocycles. The van der Waals surface area contributed by atoms with Gasteiger partial charge in [0.1, 0.15) is 0 Å². The van der Waals surface area contributed by atoms with Crippen LogP contribution in [-0.4, -0.2) is 23.9 Å². The number of aliphatic hydroxyl groups is 1. The highest BCUT2D eigenvalue weighted by molar-refractivity contribution is 4.80. The first-order chi connectivity index (χ1) is 6.09. The lowest BCUT2D eigenvalue weighted by molar-refractivity contribution is 0.00812. The van der Waals surface area contributed by atoms with Crippen LogP contribution in [0.3, 0.4) is 0 Å². The van der Waals surface area contributed by atoms with Crippen LogP contribution in [0.2, 0.25) is 0 Å². The van der Waals surface area contributed by atoms with Crippen LogP contribution in [-0.2, 0) is 4.74 Å². The molecule has 1 heterocycles. The molecule has 2 nitrogen and oxygen atoms in total. The summed E-state index contributed by atoms with van der Waals surface area (Å²) in [6, 6.07) is 0. The smallest absolute Gasteiger partial charge is 0.0585 e. The molecule has 3 unspecified atom stereocenters. The van der Waals surface area contributed by atoms with Gasteiger partial charge in [-0.1, -0.05) is 13.8 Å². The summed E-state index contributed by atoms with van der Waals surface area (Å²) in [5.41, 5.74) is 0.0642. The molecule has 13 heavy (non-hydrogen) atoms. The second kappa shape index (κ2) is 4.43. The molecule has 0 aromatic heterocycles. The molecule has 0 bridgehead atoms. The normalized spacial score (nSPS) is 33.2. The molecular formula is C11H22O2. The SMILES string of the molecule is CCC(C)(CO)CC1CCC(C)O1. The summed E-state index contributed by atoms with van der Waals surface area (Å²) in [5, 5.41) is 9.26. The Morgan fingerprint density at radius 3 is 2.54 bits per heavy atom. The Morgan fingerprint density at radius 2 is 2.15 bits per heavy atom. The summed E-state index contributed by atoms with van der Waals surface area (Å²) < 4.78 is 5.75. The van der Waals surface area contributed by atoms with Gasteiger partial charge in [-0.15, -0.1) is 0 Å². The molecule has 1 saturated heterocycles. The summed E-state index contributed by atoms with van der Waals surface area (Å²) >= 11 is 0. The maximum atomic E-state index is 9.26. The number of hydrogen-bond acceptors (Lipinski definition) is 2. The molecule has 0 aliphatic carbocycles. The van der Waals surface area contributed by atoms with Crippen LogP contribution in [0.1, 0.15) is 46.5 Å². The fourth-order valence-corrected chi connectivity index (χ4v) is 1.91. The summed E-state index contributed by atoms with van der Waals surface area (Å²) in [5.74, 6) is 0. The van der Waals surface area contributed by atoms with E-state index in [2.05, 4.69) is 20.8 Å². The predicted octanol–water partition coefficient (Wildman–Crippen LogP) is 2.35. The van der Waals surface area contributed by atoms with Gasteiger partial charge in [0.05, 0.1) is 12.2 Å². The van der Waals surface area contributed by atoms with Gasteiger partial charge in [0.15, 0.2) is 0 Å². The van der Waals surface area contributed by atoms with E-state index < -0.39 is 0 Å². The Labute approximate surface area is 81.3 Å². The van der Waals surface area contributed by atoms with E-state index in [1.807, 2.05) is 0 Å². The van der Waals surface area contributed by atoms with Gasteiger partial charge in [-0.25, -0.2) is 0 Å². The molecule has 0 saturated carbocycles. The molecule has 78 valence electrons. The number of ether oxygens (including phenoxy) is 1. The van der Waals surface area contributed by atoms with Gasteiger partial charge in [0, 0.05) is 6.61 Å². The lowest BCUT2D eigenvalue weighted by Gasteiger charge is -2.28. The molecule has 3 atom stereocenters. The van der Waals surface area contributed by atoms with Gasteiger partial charge >= 0.3 is 0 Å². The van der Waals surface area contributed by atoms with Crippen molar-refractivity contribution in [2.45, 2.75) is 58.7 Å².